The number of rotatable bonds is 6. The Morgan fingerprint density at radius 2 is 2.00 bits per heavy atom. The quantitative estimate of drug-likeness (QED) is 0.611. The second-order valence-electron chi connectivity index (χ2n) is 6.32. The van der Waals surface area contributed by atoms with Gasteiger partial charge in [0.1, 0.15) is 6.10 Å². The van der Waals surface area contributed by atoms with Crippen LogP contribution >= 0.6 is 11.3 Å². The third-order valence-corrected chi connectivity index (χ3v) is 5.30. The average molecular weight is 359 g/mol. The highest BCUT2D eigenvalue weighted by Gasteiger charge is 2.16. The topological polar surface area (TPSA) is 58.5 Å². The molecule has 1 saturated carbocycles. The number of nitrogens with one attached hydrogen (secondary N) is 2. The lowest BCUT2D eigenvalue weighted by molar-refractivity contribution is 0.201. The van der Waals surface area contributed by atoms with Gasteiger partial charge < -0.3 is 15.4 Å². The van der Waals surface area contributed by atoms with Crippen LogP contribution in [0.2, 0.25) is 0 Å². The van der Waals surface area contributed by atoms with E-state index in [0.29, 0.717) is 12.6 Å². The van der Waals surface area contributed by atoms with Gasteiger partial charge in [-0.1, -0.05) is 6.07 Å². The summed E-state index contributed by atoms with van der Waals surface area (Å²) in [6.45, 7) is 3.58. The van der Waals surface area contributed by atoms with Crippen molar-refractivity contribution in [3.05, 3.63) is 45.8 Å². The summed E-state index contributed by atoms with van der Waals surface area (Å²) in [5.74, 6) is 1.52. The van der Waals surface area contributed by atoms with Gasteiger partial charge in [0.15, 0.2) is 5.96 Å². The van der Waals surface area contributed by atoms with E-state index in [1.165, 1.54) is 22.6 Å². The lowest BCUT2D eigenvalue weighted by atomic mass is 10.3. The fourth-order valence-corrected chi connectivity index (χ4v) is 3.75. The molecule has 2 aromatic heterocycles. The molecule has 0 radical (unpaired) electrons. The van der Waals surface area contributed by atoms with Crippen LogP contribution in [0, 0.1) is 6.92 Å². The first-order valence-electron chi connectivity index (χ1n) is 8.84. The first-order chi connectivity index (χ1) is 12.2. The minimum absolute atomic E-state index is 0.348. The summed E-state index contributed by atoms with van der Waals surface area (Å²) < 4.78 is 5.90. The van der Waals surface area contributed by atoms with Crippen molar-refractivity contribution >= 4 is 17.3 Å². The maximum atomic E-state index is 5.90. The lowest BCUT2D eigenvalue weighted by Gasteiger charge is -2.13. The van der Waals surface area contributed by atoms with Crippen LogP contribution in [0.5, 0.6) is 5.88 Å². The molecule has 25 heavy (non-hydrogen) atoms. The van der Waals surface area contributed by atoms with Crippen molar-refractivity contribution < 1.29 is 4.74 Å². The van der Waals surface area contributed by atoms with Gasteiger partial charge in [-0.05, 0) is 50.3 Å². The average Bonchev–Trinajstić information content (AvgIpc) is 3.28. The van der Waals surface area contributed by atoms with Crippen LogP contribution in [0.1, 0.15) is 41.0 Å². The normalized spacial score (nSPS) is 15.4. The molecule has 0 aliphatic heterocycles. The molecule has 0 saturated heterocycles. The molecule has 0 unspecified atom stereocenters. The van der Waals surface area contributed by atoms with Crippen molar-refractivity contribution in [2.45, 2.75) is 51.8 Å². The van der Waals surface area contributed by atoms with E-state index in [1.54, 1.807) is 18.4 Å². The number of guanidine groups is 1. The highest BCUT2D eigenvalue weighted by molar-refractivity contribution is 7.11. The Hall–Kier alpha value is -2.08. The van der Waals surface area contributed by atoms with Gasteiger partial charge in [-0.3, -0.25) is 4.99 Å². The van der Waals surface area contributed by atoms with Crippen molar-refractivity contribution in [2.24, 2.45) is 4.99 Å². The first-order valence-corrected chi connectivity index (χ1v) is 9.66. The number of ether oxygens (including phenoxy) is 1. The third-order valence-electron chi connectivity index (χ3n) is 4.30. The van der Waals surface area contributed by atoms with Crippen molar-refractivity contribution in [1.29, 1.82) is 0 Å². The molecule has 0 aromatic carbocycles. The number of pyridine rings is 1. The Bertz CT molecular complexity index is 690. The summed E-state index contributed by atoms with van der Waals surface area (Å²) >= 11 is 1.80. The summed E-state index contributed by atoms with van der Waals surface area (Å²) in [5.41, 5.74) is 1.11. The Morgan fingerprint density at radius 3 is 2.64 bits per heavy atom. The van der Waals surface area contributed by atoms with E-state index in [1.807, 2.05) is 12.3 Å². The molecular formula is C19H26N4OS. The first kappa shape index (κ1) is 17.7. The molecule has 2 heterocycles. The second kappa shape index (κ2) is 8.85. The molecule has 134 valence electrons. The van der Waals surface area contributed by atoms with E-state index in [-0.39, 0.29) is 0 Å². The number of aliphatic imine (C=N–C) groups is 1. The monoisotopic (exact) mass is 358 g/mol. The van der Waals surface area contributed by atoms with Gasteiger partial charge in [0.25, 0.3) is 0 Å². The van der Waals surface area contributed by atoms with E-state index < -0.39 is 0 Å². The van der Waals surface area contributed by atoms with Gasteiger partial charge in [-0.25, -0.2) is 4.98 Å². The molecule has 0 atom stereocenters. The number of hydrogen-bond donors (Lipinski definition) is 2. The van der Waals surface area contributed by atoms with Gasteiger partial charge in [0.2, 0.25) is 5.88 Å². The number of aryl methyl sites for hydroxylation is 1. The molecule has 6 heteroatoms. The van der Waals surface area contributed by atoms with Crippen LogP contribution in [0.4, 0.5) is 0 Å². The van der Waals surface area contributed by atoms with Gasteiger partial charge in [0.05, 0.1) is 6.54 Å². The van der Waals surface area contributed by atoms with Gasteiger partial charge in [-0.2, -0.15) is 0 Å². The van der Waals surface area contributed by atoms with E-state index in [9.17, 15) is 0 Å². The lowest BCUT2D eigenvalue weighted by Crippen LogP contribution is -2.36. The second-order valence-corrected chi connectivity index (χ2v) is 7.69. The van der Waals surface area contributed by atoms with Crippen LogP contribution in [0.15, 0.2) is 35.5 Å². The molecule has 3 rings (SSSR count). The minimum Gasteiger partial charge on any atom is -0.474 e. The van der Waals surface area contributed by atoms with Crippen LogP contribution in [0.25, 0.3) is 0 Å². The fraction of sp³-hybridized carbons (Fsp3) is 0.474. The molecule has 1 fully saturated rings. The minimum atomic E-state index is 0.348. The van der Waals surface area contributed by atoms with Crippen LogP contribution in [0.3, 0.4) is 0 Å². The zero-order chi connectivity index (χ0) is 17.5. The maximum Gasteiger partial charge on any atom is 0.213 e. The highest BCUT2D eigenvalue weighted by Crippen LogP contribution is 2.22. The van der Waals surface area contributed by atoms with E-state index in [2.05, 4.69) is 45.7 Å². The highest BCUT2D eigenvalue weighted by atomic mass is 32.1. The smallest absolute Gasteiger partial charge is 0.213 e. The van der Waals surface area contributed by atoms with Crippen LogP contribution < -0.4 is 15.4 Å². The van der Waals surface area contributed by atoms with Gasteiger partial charge >= 0.3 is 0 Å². The van der Waals surface area contributed by atoms with Crippen molar-refractivity contribution in [3.8, 4) is 5.88 Å². The van der Waals surface area contributed by atoms with Crippen LogP contribution in [-0.2, 0) is 13.1 Å². The number of thiophene rings is 1. The molecule has 2 N–H and O–H groups in total. The van der Waals surface area contributed by atoms with Crippen molar-refractivity contribution in [2.75, 3.05) is 7.05 Å². The molecule has 2 aromatic rings. The molecule has 5 nitrogen and oxygen atoms in total. The molecule has 0 bridgehead atoms. The third kappa shape index (κ3) is 5.46. The Morgan fingerprint density at radius 1 is 1.20 bits per heavy atom. The van der Waals surface area contributed by atoms with E-state index >= 15 is 0 Å². The largest absolute Gasteiger partial charge is 0.474 e. The zero-order valence-corrected chi connectivity index (χ0v) is 15.7. The molecular weight excluding hydrogens is 332 g/mol. The predicted molar refractivity (Wildman–Crippen MR) is 103 cm³/mol. The van der Waals surface area contributed by atoms with Gasteiger partial charge in [-0.15, -0.1) is 11.3 Å². The molecule has 1 aliphatic rings. The zero-order valence-electron chi connectivity index (χ0n) is 14.9. The Labute approximate surface area is 153 Å². The number of hydrogen-bond acceptors (Lipinski definition) is 4. The summed E-state index contributed by atoms with van der Waals surface area (Å²) in [5, 5.41) is 6.65. The van der Waals surface area contributed by atoms with E-state index in [4.69, 9.17) is 4.74 Å². The van der Waals surface area contributed by atoms with Crippen molar-refractivity contribution in [3.63, 3.8) is 0 Å². The molecule has 1 aliphatic carbocycles. The van der Waals surface area contributed by atoms with Crippen molar-refractivity contribution in [1.82, 2.24) is 15.6 Å². The number of aromatic nitrogens is 1. The predicted octanol–water partition coefficient (Wildman–Crippen LogP) is 3.64. The van der Waals surface area contributed by atoms with Crippen LogP contribution in [-0.4, -0.2) is 24.1 Å². The maximum absolute atomic E-state index is 5.90. The number of nitrogens with zero attached hydrogens (tertiary/aromatic N) is 2. The molecule has 0 spiro atoms. The van der Waals surface area contributed by atoms with Gasteiger partial charge in [0, 0.05) is 35.6 Å². The summed E-state index contributed by atoms with van der Waals surface area (Å²) in [7, 11) is 1.78. The van der Waals surface area contributed by atoms with E-state index in [0.717, 1.165) is 36.8 Å². The SMILES string of the molecule is CN=C(NCc1ccc(OC2CCCC2)nc1)NCc1ccc(C)s1. The fourth-order valence-electron chi connectivity index (χ4n) is 2.92. The Kier molecular flexibility index (Phi) is 6.28. The summed E-state index contributed by atoms with van der Waals surface area (Å²) in [6.07, 6.45) is 7.05. The Balaban J connectivity index is 1.44. The molecule has 0 amide bonds. The standard InChI is InChI=1S/C19H26N4OS/c1-14-7-9-17(25-14)13-23-19(20-2)22-12-15-8-10-18(21-11-15)24-16-5-3-4-6-16/h7-11,16H,3-6,12-13H2,1-2H3,(H2,20,22,23). The summed E-state index contributed by atoms with van der Waals surface area (Å²) in [6, 6.07) is 8.30. The summed E-state index contributed by atoms with van der Waals surface area (Å²) in [4.78, 5) is 11.3.